The fourth-order valence-corrected chi connectivity index (χ4v) is 4.77. The fraction of sp³-hybridized carbons (Fsp3) is 0.360. The summed E-state index contributed by atoms with van der Waals surface area (Å²) in [6.45, 7) is 4.98. The third kappa shape index (κ3) is 5.91. The molecule has 178 valence electrons. The van der Waals surface area contributed by atoms with Gasteiger partial charge in [0.15, 0.2) is 0 Å². The minimum absolute atomic E-state index is 0.0900. The molecule has 0 saturated carbocycles. The highest BCUT2D eigenvalue weighted by Crippen LogP contribution is 2.26. The van der Waals surface area contributed by atoms with E-state index in [4.69, 9.17) is 4.98 Å². The monoisotopic (exact) mass is 479 g/mol. The highest BCUT2D eigenvalue weighted by molar-refractivity contribution is 7.07. The molecule has 0 radical (unpaired) electrons. The van der Waals surface area contributed by atoms with Gasteiger partial charge in [0.2, 0.25) is 0 Å². The smallest absolute Gasteiger partial charge is 0.407 e. The van der Waals surface area contributed by atoms with E-state index < -0.39 is 6.09 Å². The van der Waals surface area contributed by atoms with E-state index in [-0.39, 0.29) is 5.91 Å². The molecule has 1 aliphatic rings. The van der Waals surface area contributed by atoms with Gasteiger partial charge in [-0.3, -0.25) is 4.79 Å². The van der Waals surface area contributed by atoms with Crippen LogP contribution in [0.2, 0.25) is 0 Å². The van der Waals surface area contributed by atoms with Crippen molar-refractivity contribution in [2.75, 3.05) is 31.1 Å². The van der Waals surface area contributed by atoms with E-state index in [2.05, 4.69) is 15.2 Å². The molecule has 34 heavy (non-hydrogen) atoms. The number of hydrogen-bond donors (Lipinski definition) is 2. The van der Waals surface area contributed by atoms with Crippen LogP contribution in [0.15, 0.2) is 53.4 Å². The maximum absolute atomic E-state index is 12.2. The number of carboxylic acid groups (broad SMARTS) is 1. The van der Waals surface area contributed by atoms with E-state index in [9.17, 15) is 14.7 Å². The number of pyridine rings is 1. The number of aromatic nitrogens is 2. The van der Waals surface area contributed by atoms with Crippen molar-refractivity contribution in [3.8, 4) is 11.3 Å². The number of benzene rings is 1. The molecule has 0 aliphatic carbocycles. The normalized spacial score (nSPS) is 14.1. The molecule has 1 aliphatic heterocycles. The lowest BCUT2D eigenvalue weighted by atomic mass is 9.96. The topological polar surface area (TPSA) is 98.7 Å². The molecule has 0 spiro atoms. The van der Waals surface area contributed by atoms with Crippen LogP contribution in [-0.2, 0) is 6.54 Å². The average molecular weight is 480 g/mol. The molecule has 2 amide bonds. The van der Waals surface area contributed by atoms with Crippen LogP contribution in [0.1, 0.15) is 35.8 Å². The van der Waals surface area contributed by atoms with Crippen LogP contribution >= 0.6 is 11.3 Å². The quantitative estimate of drug-likeness (QED) is 0.498. The minimum atomic E-state index is -0.903. The van der Waals surface area contributed by atoms with E-state index in [0.29, 0.717) is 31.1 Å². The van der Waals surface area contributed by atoms with Crippen molar-refractivity contribution in [3.63, 3.8) is 0 Å². The molecule has 0 atom stereocenters. The van der Waals surface area contributed by atoms with Gasteiger partial charge in [0.1, 0.15) is 5.82 Å². The summed E-state index contributed by atoms with van der Waals surface area (Å²) in [5.74, 6) is 1.12. The molecular weight excluding hydrogens is 450 g/mol. The summed E-state index contributed by atoms with van der Waals surface area (Å²) in [4.78, 5) is 36.7. The number of hydrogen-bond acceptors (Lipinski definition) is 6. The van der Waals surface area contributed by atoms with Crippen molar-refractivity contribution in [1.29, 1.82) is 0 Å². The first-order valence-corrected chi connectivity index (χ1v) is 12.4. The van der Waals surface area contributed by atoms with Crippen LogP contribution in [0.4, 0.5) is 10.6 Å². The van der Waals surface area contributed by atoms with Gasteiger partial charge in [0, 0.05) is 42.7 Å². The Morgan fingerprint density at radius 2 is 2.00 bits per heavy atom. The number of thiazole rings is 1. The molecule has 2 N–H and O–H groups in total. The summed E-state index contributed by atoms with van der Waals surface area (Å²) in [5.41, 5.74) is 4.87. The van der Waals surface area contributed by atoms with Crippen LogP contribution in [0.5, 0.6) is 0 Å². The van der Waals surface area contributed by atoms with Crippen LogP contribution in [0, 0.1) is 5.92 Å². The molecule has 1 saturated heterocycles. The van der Waals surface area contributed by atoms with E-state index >= 15 is 0 Å². The predicted octanol–water partition coefficient (Wildman–Crippen LogP) is 4.35. The van der Waals surface area contributed by atoms with Gasteiger partial charge < -0.3 is 20.2 Å². The Bertz CT molecular complexity index is 1110. The lowest BCUT2D eigenvalue weighted by Gasteiger charge is -2.34. The summed E-state index contributed by atoms with van der Waals surface area (Å²) in [6.07, 6.45) is 0.901. The summed E-state index contributed by atoms with van der Waals surface area (Å²) >= 11 is 1.48. The zero-order chi connectivity index (χ0) is 23.9. The van der Waals surface area contributed by atoms with Gasteiger partial charge in [0.25, 0.3) is 5.91 Å². The predicted molar refractivity (Wildman–Crippen MR) is 133 cm³/mol. The number of nitrogens with zero attached hydrogens (tertiary/aromatic N) is 4. The van der Waals surface area contributed by atoms with Gasteiger partial charge >= 0.3 is 6.09 Å². The second-order valence-electron chi connectivity index (χ2n) is 8.39. The molecule has 3 aromatic rings. The SMILES string of the molecule is CCNC(=O)c1cccc(-c2cccc(N3CCC(CN(Cc4cscn4)C(=O)O)CC3)n2)c1. The van der Waals surface area contributed by atoms with Crippen molar-refractivity contribution in [2.45, 2.75) is 26.3 Å². The van der Waals surface area contributed by atoms with Gasteiger partial charge in [-0.1, -0.05) is 18.2 Å². The van der Waals surface area contributed by atoms with E-state index in [0.717, 1.165) is 48.7 Å². The zero-order valence-electron chi connectivity index (χ0n) is 19.2. The molecule has 2 aromatic heterocycles. The minimum Gasteiger partial charge on any atom is -0.465 e. The number of piperidine rings is 1. The van der Waals surface area contributed by atoms with Gasteiger partial charge in [-0.15, -0.1) is 11.3 Å². The zero-order valence-corrected chi connectivity index (χ0v) is 20.0. The Labute approximate surface area is 203 Å². The molecule has 1 aromatic carbocycles. The molecule has 0 bridgehead atoms. The third-order valence-electron chi connectivity index (χ3n) is 6.02. The Balaban J connectivity index is 1.39. The second kappa shape index (κ2) is 11.1. The average Bonchev–Trinajstić information content (AvgIpc) is 3.38. The Morgan fingerprint density at radius 3 is 2.71 bits per heavy atom. The van der Waals surface area contributed by atoms with Crippen molar-refractivity contribution >= 4 is 29.2 Å². The Kier molecular flexibility index (Phi) is 7.74. The van der Waals surface area contributed by atoms with E-state index in [1.807, 2.05) is 48.7 Å². The Morgan fingerprint density at radius 1 is 1.21 bits per heavy atom. The molecule has 8 nitrogen and oxygen atoms in total. The van der Waals surface area contributed by atoms with Gasteiger partial charge in [-0.2, -0.15) is 0 Å². The first-order valence-electron chi connectivity index (χ1n) is 11.5. The summed E-state index contributed by atoms with van der Waals surface area (Å²) in [5, 5.41) is 14.3. The van der Waals surface area contributed by atoms with Gasteiger partial charge in [0.05, 0.1) is 23.4 Å². The first kappa shape index (κ1) is 23.7. The molecule has 4 rings (SSSR count). The molecule has 9 heteroatoms. The fourth-order valence-electron chi connectivity index (χ4n) is 4.22. The number of anilines is 1. The summed E-state index contributed by atoms with van der Waals surface area (Å²) in [6, 6.07) is 13.5. The molecule has 1 fully saturated rings. The van der Waals surface area contributed by atoms with E-state index in [1.54, 1.807) is 11.6 Å². The van der Waals surface area contributed by atoms with Crippen LogP contribution < -0.4 is 10.2 Å². The highest BCUT2D eigenvalue weighted by Gasteiger charge is 2.25. The van der Waals surface area contributed by atoms with Gasteiger partial charge in [-0.05, 0) is 49.9 Å². The highest BCUT2D eigenvalue weighted by atomic mass is 32.1. The van der Waals surface area contributed by atoms with Crippen molar-refractivity contribution in [2.24, 2.45) is 5.92 Å². The number of carbonyl (C=O) groups is 2. The van der Waals surface area contributed by atoms with Crippen molar-refractivity contribution in [1.82, 2.24) is 20.2 Å². The standard InChI is InChI=1S/C25H29N5O3S/c1-2-26-24(31)20-6-3-5-19(13-20)22-7-4-8-23(28-22)29-11-9-18(10-12-29)14-30(25(32)33)15-21-16-34-17-27-21/h3-8,13,16-18H,2,9-12,14-15H2,1H3,(H,26,31)(H,32,33). The maximum atomic E-state index is 12.2. The number of amides is 2. The summed E-state index contributed by atoms with van der Waals surface area (Å²) in [7, 11) is 0. The van der Waals surface area contributed by atoms with Crippen molar-refractivity contribution < 1.29 is 14.7 Å². The van der Waals surface area contributed by atoms with E-state index in [1.165, 1.54) is 16.2 Å². The van der Waals surface area contributed by atoms with Gasteiger partial charge in [-0.25, -0.2) is 14.8 Å². The third-order valence-corrected chi connectivity index (χ3v) is 6.65. The van der Waals surface area contributed by atoms with Crippen LogP contribution in [-0.4, -0.2) is 58.2 Å². The number of rotatable bonds is 8. The molecule has 3 heterocycles. The van der Waals surface area contributed by atoms with Crippen LogP contribution in [0.25, 0.3) is 11.3 Å². The number of carbonyl (C=O) groups excluding carboxylic acids is 1. The van der Waals surface area contributed by atoms with Crippen molar-refractivity contribution in [3.05, 3.63) is 64.6 Å². The number of nitrogens with one attached hydrogen (secondary N) is 1. The first-order chi connectivity index (χ1) is 16.5. The summed E-state index contributed by atoms with van der Waals surface area (Å²) < 4.78 is 0. The lowest BCUT2D eigenvalue weighted by Crippen LogP contribution is -2.40. The van der Waals surface area contributed by atoms with Crippen LogP contribution in [0.3, 0.4) is 0 Å². The molecule has 0 unspecified atom stereocenters. The maximum Gasteiger partial charge on any atom is 0.407 e. The second-order valence-corrected chi connectivity index (χ2v) is 9.11. The Hall–Kier alpha value is -3.46. The largest absolute Gasteiger partial charge is 0.465 e. The lowest BCUT2D eigenvalue weighted by molar-refractivity contribution is 0.0955. The molecular formula is C25H29N5O3S.